The first-order chi connectivity index (χ1) is 43.3. The predicted octanol–water partition coefficient (Wildman–Crippen LogP) is 21.5. The van der Waals surface area contributed by atoms with E-state index in [-0.39, 0.29) is 0 Å². The molecule has 88 heavy (non-hydrogen) atoms. The second-order valence-electron chi connectivity index (χ2n) is 20.4. The van der Waals surface area contributed by atoms with Crippen LogP contribution in [0.5, 0.6) is 0 Å². The van der Waals surface area contributed by atoms with E-state index >= 15 is 0 Å². The summed E-state index contributed by atoms with van der Waals surface area (Å²) in [6, 6.07) is 107. The summed E-state index contributed by atoms with van der Waals surface area (Å²) in [5, 5.41) is 0. The largest absolute Gasteiger partial charge is 0.398 e. The Balaban J connectivity index is 0.000000153. The van der Waals surface area contributed by atoms with Gasteiger partial charge in [0.15, 0.2) is 34.9 Å². The molecular formula is C78H54Br2IN7. The summed E-state index contributed by atoms with van der Waals surface area (Å²) < 4.78 is 3.51. The van der Waals surface area contributed by atoms with Crippen LogP contribution in [0.25, 0.3) is 124 Å². The van der Waals surface area contributed by atoms with E-state index in [9.17, 15) is 0 Å². The minimum absolute atomic E-state index is 0.645. The van der Waals surface area contributed by atoms with Crippen LogP contribution in [0.3, 0.4) is 0 Å². The van der Waals surface area contributed by atoms with Crippen molar-refractivity contribution in [2.45, 2.75) is 0 Å². The number of anilines is 1. The van der Waals surface area contributed by atoms with Gasteiger partial charge < -0.3 is 5.73 Å². The van der Waals surface area contributed by atoms with E-state index in [2.05, 4.69) is 206 Å². The average Bonchev–Trinajstić information content (AvgIpc) is 3.06. The van der Waals surface area contributed by atoms with Crippen molar-refractivity contribution in [3.05, 3.63) is 328 Å². The molecule has 2 aromatic heterocycles. The second-order valence-corrected chi connectivity index (χ2v) is 23.3. The van der Waals surface area contributed by atoms with Gasteiger partial charge in [-0.2, -0.15) is 0 Å². The quantitative estimate of drug-likeness (QED) is 0.102. The van der Waals surface area contributed by atoms with Gasteiger partial charge in [-0.15, -0.1) is 0 Å². The van der Waals surface area contributed by atoms with Crippen LogP contribution in [-0.4, -0.2) is 29.9 Å². The van der Waals surface area contributed by atoms with Crippen LogP contribution in [-0.2, 0) is 0 Å². The van der Waals surface area contributed by atoms with Crippen LogP contribution in [0.1, 0.15) is 0 Å². The highest BCUT2D eigenvalue weighted by molar-refractivity contribution is 14.1. The average molecular weight is 1380 g/mol. The van der Waals surface area contributed by atoms with Crippen molar-refractivity contribution in [3.63, 3.8) is 0 Å². The summed E-state index contributed by atoms with van der Waals surface area (Å²) in [6.45, 7) is 0. The summed E-state index contributed by atoms with van der Waals surface area (Å²) in [6.07, 6.45) is 0. The highest BCUT2D eigenvalue weighted by atomic mass is 127. The molecule has 0 spiro atoms. The number of rotatable bonds is 11. The number of nitrogen functional groups attached to an aromatic ring is 1. The van der Waals surface area contributed by atoms with Gasteiger partial charge in [-0.25, -0.2) is 29.9 Å². The molecule has 14 rings (SSSR count). The van der Waals surface area contributed by atoms with Crippen molar-refractivity contribution >= 4 is 60.1 Å². The van der Waals surface area contributed by atoms with Crippen molar-refractivity contribution in [1.29, 1.82) is 0 Å². The lowest BCUT2D eigenvalue weighted by atomic mass is 9.92. The maximum absolute atomic E-state index is 6.32. The lowest BCUT2D eigenvalue weighted by Crippen LogP contribution is -2.00. The Bertz CT molecular complexity index is 4480. The molecular weight excluding hydrogens is 1320 g/mol. The predicted molar refractivity (Wildman–Crippen MR) is 378 cm³/mol. The number of halogens is 3. The van der Waals surface area contributed by atoms with Gasteiger partial charge in [0.25, 0.3) is 0 Å². The van der Waals surface area contributed by atoms with E-state index in [4.69, 9.17) is 35.6 Å². The molecule has 0 atom stereocenters. The molecule has 0 aliphatic carbocycles. The van der Waals surface area contributed by atoms with Crippen LogP contribution in [0.4, 0.5) is 5.69 Å². The molecule has 0 aliphatic rings. The van der Waals surface area contributed by atoms with Crippen LogP contribution in [0.15, 0.2) is 324 Å². The molecule has 12 aromatic carbocycles. The molecule has 10 heteroatoms. The van der Waals surface area contributed by atoms with E-state index < -0.39 is 0 Å². The molecule has 2 heterocycles. The zero-order valence-electron chi connectivity index (χ0n) is 47.4. The molecule has 0 bridgehead atoms. The number of aromatic nitrogens is 6. The smallest absolute Gasteiger partial charge is 0.164 e. The van der Waals surface area contributed by atoms with Gasteiger partial charge in [-0.05, 0) is 113 Å². The Labute approximate surface area is 543 Å². The number of benzene rings is 12. The molecule has 0 saturated carbocycles. The molecule has 0 unspecified atom stereocenters. The summed E-state index contributed by atoms with van der Waals surface area (Å²) >= 11 is 9.32. The highest BCUT2D eigenvalue weighted by Gasteiger charge is 2.16. The zero-order valence-corrected chi connectivity index (χ0v) is 52.7. The Morgan fingerprint density at radius 2 is 0.443 bits per heavy atom. The van der Waals surface area contributed by atoms with Gasteiger partial charge in [0.2, 0.25) is 0 Å². The topological polar surface area (TPSA) is 103 Å². The van der Waals surface area contributed by atoms with Crippen molar-refractivity contribution in [2.75, 3.05) is 5.73 Å². The summed E-state index contributed by atoms with van der Waals surface area (Å²) in [4.78, 5) is 28.9. The van der Waals surface area contributed by atoms with E-state index in [1.807, 2.05) is 164 Å². The van der Waals surface area contributed by atoms with Crippen LogP contribution < -0.4 is 5.73 Å². The van der Waals surface area contributed by atoms with Gasteiger partial charge in [0.1, 0.15) is 0 Å². The molecule has 0 fully saturated rings. The van der Waals surface area contributed by atoms with Gasteiger partial charge in [-0.3, -0.25) is 0 Å². The van der Waals surface area contributed by atoms with Crippen molar-refractivity contribution in [2.24, 2.45) is 0 Å². The standard InChI is InChI=1S/C39H28N4.C33H22BrN3.C6H4BrI/c40-36-18-10-9-17-35(36)34-16-8-7-15-33(34)29-23-19-27(20-24-29)28-21-25-32(26-22-28)39-42-37(30-11-3-1-4-12-30)41-38(43-39)31-13-5-2-6-14-31;34-30-14-8-7-13-29(30)25-19-15-23(16-20-25)24-17-21-28(22-18-24)33-36-31(26-9-3-1-4-10-26)35-32(37-33)27-11-5-2-6-12-27;7-5-3-1-2-4-6(5)8/h1-26H,40H2;1-22H;1-4H. The Morgan fingerprint density at radius 1 is 0.205 bits per heavy atom. The van der Waals surface area contributed by atoms with Crippen LogP contribution in [0.2, 0.25) is 0 Å². The monoisotopic (exact) mass is 1370 g/mol. The molecule has 0 saturated heterocycles. The number of hydrogen-bond donors (Lipinski definition) is 1. The number of nitrogens with two attached hydrogens (primary N) is 1. The van der Waals surface area contributed by atoms with E-state index in [0.717, 1.165) is 88.0 Å². The number of hydrogen-bond acceptors (Lipinski definition) is 7. The zero-order chi connectivity index (χ0) is 60.0. The summed E-state index contributed by atoms with van der Waals surface area (Å²) in [7, 11) is 0. The number of nitrogens with zero attached hydrogens (tertiary/aromatic N) is 6. The first kappa shape index (κ1) is 58.5. The molecule has 422 valence electrons. The van der Waals surface area contributed by atoms with Crippen LogP contribution >= 0.6 is 54.5 Å². The molecule has 2 N–H and O–H groups in total. The lowest BCUT2D eigenvalue weighted by molar-refractivity contribution is 1.07. The molecule has 0 amide bonds. The molecule has 0 aliphatic heterocycles. The van der Waals surface area contributed by atoms with Gasteiger partial charge in [-0.1, -0.05) is 307 Å². The Kier molecular flexibility index (Phi) is 18.7. The minimum atomic E-state index is 0.645. The van der Waals surface area contributed by atoms with E-state index in [1.165, 1.54) is 19.2 Å². The van der Waals surface area contributed by atoms with Crippen molar-refractivity contribution in [3.8, 4) is 124 Å². The molecule has 7 nitrogen and oxygen atoms in total. The summed E-state index contributed by atoms with van der Waals surface area (Å²) in [5.41, 5.74) is 24.2. The van der Waals surface area contributed by atoms with Gasteiger partial charge in [0.05, 0.1) is 0 Å². The fraction of sp³-hybridized carbons (Fsp3) is 0. The van der Waals surface area contributed by atoms with Crippen LogP contribution in [0, 0.1) is 3.57 Å². The fourth-order valence-electron chi connectivity index (χ4n) is 10.0. The number of para-hydroxylation sites is 1. The third-order valence-electron chi connectivity index (χ3n) is 14.6. The first-order valence-corrected chi connectivity index (χ1v) is 31.2. The van der Waals surface area contributed by atoms with Crippen molar-refractivity contribution in [1.82, 2.24) is 29.9 Å². The SMILES string of the molecule is Brc1ccccc1-c1ccc(-c2ccc(-c3nc(-c4ccccc4)nc(-c4ccccc4)n3)cc2)cc1.Brc1ccccc1I.Nc1ccccc1-c1ccccc1-c1ccc(-c2ccc(-c3nc(-c4ccccc4)nc(-c4ccccc4)n3)cc2)cc1. The lowest BCUT2D eigenvalue weighted by Gasteiger charge is -2.13. The Hall–Kier alpha value is -9.85. The normalized spacial score (nSPS) is 10.7. The maximum Gasteiger partial charge on any atom is 0.164 e. The van der Waals surface area contributed by atoms with E-state index in [0.29, 0.717) is 34.9 Å². The maximum atomic E-state index is 6.32. The first-order valence-electron chi connectivity index (χ1n) is 28.5. The Morgan fingerprint density at radius 3 is 0.761 bits per heavy atom. The van der Waals surface area contributed by atoms with Gasteiger partial charge >= 0.3 is 0 Å². The summed E-state index contributed by atoms with van der Waals surface area (Å²) in [5.74, 6) is 3.94. The fourth-order valence-corrected chi connectivity index (χ4v) is 11.2. The minimum Gasteiger partial charge on any atom is -0.398 e. The van der Waals surface area contributed by atoms with Crippen molar-refractivity contribution < 1.29 is 0 Å². The third kappa shape index (κ3) is 14.2. The third-order valence-corrected chi connectivity index (χ3v) is 17.7. The highest BCUT2D eigenvalue weighted by Crippen LogP contribution is 2.37. The molecule has 14 aromatic rings. The second kappa shape index (κ2) is 28.1. The molecule has 0 radical (unpaired) electrons. The van der Waals surface area contributed by atoms with E-state index in [1.54, 1.807) is 0 Å². The van der Waals surface area contributed by atoms with Gasteiger partial charge in [0, 0.05) is 57.1 Å².